The second-order valence-electron chi connectivity index (χ2n) is 4.04. The van der Waals surface area contributed by atoms with E-state index in [1.165, 1.54) is 18.3 Å². The molecule has 0 unspecified atom stereocenters. The van der Waals surface area contributed by atoms with E-state index in [4.69, 9.17) is 11.6 Å². The molecule has 0 saturated heterocycles. The summed E-state index contributed by atoms with van der Waals surface area (Å²) < 4.78 is 27.6. The van der Waals surface area contributed by atoms with E-state index >= 15 is 0 Å². The quantitative estimate of drug-likeness (QED) is 0.814. The minimum Gasteiger partial charge on any atom is -0.199 e. The maximum atomic E-state index is 12.0. The van der Waals surface area contributed by atoms with Crippen molar-refractivity contribution in [1.82, 2.24) is 0 Å². The van der Waals surface area contributed by atoms with Crippen molar-refractivity contribution in [3.8, 4) is 0 Å². The molecule has 0 saturated carbocycles. The maximum Gasteiger partial charge on any atom is 0.282 e. The summed E-state index contributed by atoms with van der Waals surface area (Å²) in [5.41, 5.74) is 1.56. The maximum absolute atomic E-state index is 12.0. The summed E-state index contributed by atoms with van der Waals surface area (Å²) in [6.45, 7) is 1.89. The zero-order chi connectivity index (χ0) is 13.9. The monoisotopic (exact) mass is 293 g/mol. The average molecular weight is 294 g/mol. The molecule has 0 radical (unpaired) electrons. The first-order valence-electron chi connectivity index (χ1n) is 5.60. The van der Waals surface area contributed by atoms with E-state index in [0.29, 0.717) is 10.6 Å². The van der Waals surface area contributed by atoms with Crippen LogP contribution in [0.4, 0.5) is 0 Å². The summed E-state index contributed by atoms with van der Waals surface area (Å²) in [7, 11) is -3.68. The first kappa shape index (κ1) is 13.8. The minimum absolute atomic E-state index is 0.168. The van der Waals surface area contributed by atoms with Gasteiger partial charge in [-0.2, -0.15) is 12.8 Å². The van der Waals surface area contributed by atoms with Crippen molar-refractivity contribution in [1.29, 1.82) is 0 Å². The van der Waals surface area contributed by atoms with Crippen LogP contribution >= 0.6 is 11.6 Å². The van der Waals surface area contributed by atoms with Gasteiger partial charge < -0.3 is 0 Å². The number of halogens is 1. The Balaban J connectivity index is 2.32. The summed E-state index contributed by atoms with van der Waals surface area (Å²) in [6.07, 6.45) is 1.26. The van der Waals surface area contributed by atoms with E-state index < -0.39 is 10.0 Å². The smallest absolute Gasteiger partial charge is 0.199 e. The highest BCUT2D eigenvalue weighted by atomic mass is 35.5. The van der Waals surface area contributed by atoms with E-state index in [1.54, 1.807) is 36.4 Å². The molecule has 19 heavy (non-hydrogen) atoms. The molecule has 5 heteroatoms. The molecule has 0 amide bonds. The normalized spacial score (nSPS) is 11.9. The fourth-order valence-corrected chi connectivity index (χ4v) is 2.52. The fourth-order valence-electron chi connectivity index (χ4n) is 1.48. The fraction of sp³-hybridized carbons (Fsp3) is 0.0714. The summed E-state index contributed by atoms with van der Waals surface area (Å²) in [4.78, 5) is 0.168. The Labute approximate surface area is 117 Å². The molecule has 0 aromatic heterocycles. The predicted octanol–water partition coefficient (Wildman–Crippen LogP) is 3.46. The van der Waals surface area contributed by atoms with Gasteiger partial charge in [-0.05, 0) is 25.1 Å². The number of aryl methyl sites for hydroxylation is 1. The molecular formula is C14H12ClNO2S. The molecule has 3 nitrogen and oxygen atoms in total. The summed E-state index contributed by atoms with van der Waals surface area (Å²) in [5, 5.41) is 0.463. The lowest BCUT2D eigenvalue weighted by Gasteiger charge is -2.00. The van der Waals surface area contributed by atoms with Crippen LogP contribution in [0.5, 0.6) is 0 Å². The van der Waals surface area contributed by atoms with Crippen LogP contribution in [0.25, 0.3) is 0 Å². The SMILES string of the molecule is Cc1ccc(S(=O)(=O)N=Cc2ccccc2Cl)cc1. The van der Waals surface area contributed by atoms with Crippen LogP contribution in [0.3, 0.4) is 0 Å². The van der Waals surface area contributed by atoms with Crippen LogP contribution in [0.1, 0.15) is 11.1 Å². The van der Waals surface area contributed by atoms with Crippen molar-refractivity contribution >= 4 is 27.8 Å². The molecule has 0 aliphatic heterocycles. The third kappa shape index (κ3) is 3.43. The number of nitrogens with zero attached hydrogens (tertiary/aromatic N) is 1. The number of hydrogen-bond donors (Lipinski definition) is 0. The zero-order valence-electron chi connectivity index (χ0n) is 10.2. The molecule has 0 fully saturated rings. The van der Waals surface area contributed by atoms with Gasteiger partial charge in [0.25, 0.3) is 10.0 Å². The van der Waals surface area contributed by atoms with Crippen LogP contribution < -0.4 is 0 Å². The molecule has 2 aromatic rings. The van der Waals surface area contributed by atoms with E-state index in [0.717, 1.165) is 5.56 Å². The summed E-state index contributed by atoms with van der Waals surface area (Å²) in [5.74, 6) is 0. The predicted molar refractivity (Wildman–Crippen MR) is 77.4 cm³/mol. The second-order valence-corrected chi connectivity index (χ2v) is 6.08. The van der Waals surface area contributed by atoms with E-state index in [1.807, 2.05) is 6.92 Å². The Hall–Kier alpha value is -1.65. The highest BCUT2D eigenvalue weighted by Crippen LogP contribution is 2.16. The molecule has 2 rings (SSSR count). The molecule has 0 bridgehead atoms. The van der Waals surface area contributed by atoms with Gasteiger partial charge in [0.15, 0.2) is 0 Å². The lowest BCUT2D eigenvalue weighted by Crippen LogP contribution is -1.98. The van der Waals surface area contributed by atoms with Gasteiger partial charge in [-0.1, -0.05) is 47.5 Å². The Kier molecular flexibility index (Phi) is 4.02. The van der Waals surface area contributed by atoms with Gasteiger partial charge in [0, 0.05) is 16.8 Å². The lowest BCUT2D eigenvalue weighted by atomic mass is 10.2. The Morgan fingerprint density at radius 2 is 1.68 bits per heavy atom. The van der Waals surface area contributed by atoms with Crippen LogP contribution in [0.2, 0.25) is 5.02 Å². The molecule has 0 aliphatic rings. The van der Waals surface area contributed by atoms with Gasteiger partial charge in [-0.25, -0.2) is 0 Å². The Morgan fingerprint density at radius 1 is 1.05 bits per heavy atom. The third-order valence-corrected chi connectivity index (χ3v) is 4.15. The molecule has 0 aliphatic carbocycles. The largest absolute Gasteiger partial charge is 0.282 e. The van der Waals surface area contributed by atoms with E-state index in [9.17, 15) is 8.42 Å². The standard InChI is InChI=1S/C14H12ClNO2S/c1-11-6-8-13(9-7-11)19(17,18)16-10-12-4-2-3-5-14(12)15/h2-10H,1H3. The van der Waals surface area contributed by atoms with Gasteiger partial charge in [0.05, 0.1) is 4.90 Å². The first-order chi connectivity index (χ1) is 8.99. The molecule has 0 heterocycles. The van der Waals surface area contributed by atoms with Gasteiger partial charge in [0.2, 0.25) is 0 Å². The first-order valence-corrected chi connectivity index (χ1v) is 7.42. The van der Waals surface area contributed by atoms with Gasteiger partial charge in [-0.3, -0.25) is 0 Å². The van der Waals surface area contributed by atoms with Crippen molar-refractivity contribution in [2.24, 2.45) is 4.40 Å². The molecular weight excluding hydrogens is 282 g/mol. The molecule has 0 atom stereocenters. The zero-order valence-corrected chi connectivity index (χ0v) is 11.8. The topological polar surface area (TPSA) is 46.5 Å². The Morgan fingerprint density at radius 3 is 2.32 bits per heavy atom. The Bertz CT molecular complexity index is 706. The van der Waals surface area contributed by atoms with Crippen molar-refractivity contribution in [2.75, 3.05) is 0 Å². The molecule has 0 spiro atoms. The van der Waals surface area contributed by atoms with Gasteiger partial charge in [0.1, 0.15) is 0 Å². The van der Waals surface area contributed by atoms with Crippen molar-refractivity contribution in [3.05, 3.63) is 64.7 Å². The van der Waals surface area contributed by atoms with Crippen LogP contribution in [0, 0.1) is 6.92 Å². The van der Waals surface area contributed by atoms with Gasteiger partial charge in [-0.15, -0.1) is 0 Å². The average Bonchev–Trinajstić information content (AvgIpc) is 2.38. The molecule has 98 valence electrons. The highest BCUT2D eigenvalue weighted by Gasteiger charge is 2.11. The van der Waals surface area contributed by atoms with E-state index in [2.05, 4.69) is 4.40 Å². The third-order valence-electron chi connectivity index (χ3n) is 2.55. The van der Waals surface area contributed by atoms with Crippen LogP contribution in [-0.2, 0) is 10.0 Å². The summed E-state index contributed by atoms with van der Waals surface area (Å²) >= 11 is 5.93. The lowest BCUT2D eigenvalue weighted by molar-refractivity contribution is 0.598. The van der Waals surface area contributed by atoms with Crippen molar-refractivity contribution in [3.63, 3.8) is 0 Å². The molecule has 0 N–H and O–H groups in total. The number of sulfonamides is 1. The van der Waals surface area contributed by atoms with Crippen molar-refractivity contribution in [2.45, 2.75) is 11.8 Å². The van der Waals surface area contributed by atoms with E-state index in [-0.39, 0.29) is 4.90 Å². The number of benzene rings is 2. The highest BCUT2D eigenvalue weighted by molar-refractivity contribution is 7.90. The second kappa shape index (κ2) is 5.55. The minimum atomic E-state index is -3.68. The molecule has 2 aromatic carbocycles. The van der Waals surface area contributed by atoms with Gasteiger partial charge >= 0.3 is 0 Å². The number of hydrogen-bond acceptors (Lipinski definition) is 2. The van der Waals surface area contributed by atoms with Crippen LogP contribution in [0.15, 0.2) is 57.8 Å². The van der Waals surface area contributed by atoms with Crippen molar-refractivity contribution < 1.29 is 8.42 Å². The number of rotatable bonds is 3. The summed E-state index contributed by atoms with van der Waals surface area (Å²) in [6, 6.07) is 13.5. The van der Waals surface area contributed by atoms with Crippen LogP contribution in [-0.4, -0.2) is 14.6 Å².